The molecule has 0 spiro atoms. The fraction of sp³-hybridized carbons (Fsp3) is 0.429. The third-order valence-electron chi connectivity index (χ3n) is 1.38. The van der Waals surface area contributed by atoms with Crippen molar-refractivity contribution in [2.45, 2.75) is 6.54 Å². The lowest BCUT2D eigenvalue weighted by molar-refractivity contribution is 0.714. The molecule has 1 aromatic rings. The van der Waals surface area contributed by atoms with Gasteiger partial charge in [0.25, 0.3) is 5.56 Å². The van der Waals surface area contributed by atoms with Crippen molar-refractivity contribution in [2.24, 2.45) is 0 Å². The van der Waals surface area contributed by atoms with Gasteiger partial charge in [0.05, 0.1) is 6.33 Å². The highest BCUT2D eigenvalue weighted by molar-refractivity contribution is 7.98. The van der Waals surface area contributed by atoms with Gasteiger partial charge in [0.2, 0.25) is 0 Å². The van der Waals surface area contributed by atoms with Crippen LogP contribution in [0.4, 0.5) is 0 Å². The molecule has 0 aliphatic carbocycles. The van der Waals surface area contributed by atoms with Crippen LogP contribution in [0.3, 0.4) is 0 Å². The third kappa shape index (κ3) is 2.53. The number of hydrogen-bond donors (Lipinski definition) is 0. The van der Waals surface area contributed by atoms with E-state index >= 15 is 0 Å². The van der Waals surface area contributed by atoms with Crippen LogP contribution in [0, 0.1) is 0 Å². The number of aryl methyl sites for hydroxylation is 1. The predicted molar refractivity (Wildman–Crippen MR) is 51.9 cm³/mol. The third-order valence-corrected chi connectivity index (χ3v) is 2.18. The molecule has 0 saturated heterocycles. The van der Waals surface area contributed by atoms with Gasteiger partial charge in [-0.05, 0) is 6.26 Å². The Balaban J connectivity index is 2.80. The van der Waals surface area contributed by atoms with E-state index in [1.807, 2.05) is 6.26 Å². The highest BCUT2D eigenvalue weighted by Crippen LogP contribution is 1.97. The Bertz CT molecular complexity index is 313. The zero-order valence-electron chi connectivity index (χ0n) is 6.66. The van der Waals surface area contributed by atoms with Crippen LogP contribution in [0.2, 0.25) is 5.15 Å². The molecule has 5 heteroatoms. The van der Waals surface area contributed by atoms with Crippen LogP contribution in [-0.4, -0.2) is 21.6 Å². The van der Waals surface area contributed by atoms with Crippen LogP contribution in [-0.2, 0) is 6.54 Å². The molecule has 0 atom stereocenters. The summed E-state index contributed by atoms with van der Waals surface area (Å²) in [4.78, 5) is 15.0. The first-order valence-electron chi connectivity index (χ1n) is 3.45. The van der Waals surface area contributed by atoms with E-state index in [4.69, 9.17) is 11.6 Å². The lowest BCUT2D eigenvalue weighted by Crippen LogP contribution is -2.20. The molecular weight excluding hydrogens is 196 g/mol. The van der Waals surface area contributed by atoms with Gasteiger partial charge < -0.3 is 0 Å². The molecular formula is C7H9ClN2OS. The van der Waals surface area contributed by atoms with Crippen LogP contribution in [0.15, 0.2) is 17.2 Å². The van der Waals surface area contributed by atoms with Gasteiger partial charge in [-0.15, -0.1) is 0 Å². The number of thioether (sulfide) groups is 1. The molecule has 1 heterocycles. The SMILES string of the molecule is CSCCn1cnc(Cl)cc1=O. The second-order valence-corrected chi connectivity index (χ2v) is 3.61. The first kappa shape index (κ1) is 9.61. The van der Waals surface area contributed by atoms with E-state index in [1.54, 1.807) is 16.3 Å². The van der Waals surface area contributed by atoms with Gasteiger partial charge in [-0.25, -0.2) is 4.98 Å². The normalized spacial score (nSPS) is 10.2. The van der Waals surface area contributed by atoms with Crippen LogP contribution in [0.1, 0.15) is 0 Å². The van der Waals surface area contributed by atoms with Gasteiger partial charge >= 0.3 is 0 Å². The summed E-state index contributed by atoms with van der Waals surface area (Å²) >= 11 is 7.21. The second kappa shape index (κ2) is 4.52. The predicted octanol–water partition coefficient (Wildman–Crippen LogP) is 1.26. The van der Waals surface area contributed by atoms with E-state index in [0.717, 1.165) is 5.75 Å². The molecule has 3 nitrogen and oxygen atoms in total. The maximum atomic E-state index is 11.2. The van der Waals surface area contributed by atoms with Crippen molar-refractivity contribution >= 4 is 23.4 Å². The second-order valence-electron chi connectivity index (χ2n) is 2.24. The van der Waals surface area contributed by atoms with Crippen molar-refractivity contribution < 1.29 is 0 Å². The van der Waals surface area contributed by atoms with Crippen molar-refractivity contribution in [1.29, 1.82) is 0 Å². The lowest BCUT2D eigenvalue weighted by Gasteiger charge is -2.01. The largest absolute Gasteiger partial charge is 0.298 e. The Labute approximate surface area is 79.8 Å². The zero-order valence-corrected chi connectivity index (χ0v) is 8.23. The average molecular weight is 205 g/mol. The number of rotatable bonds is 3. The summed E-state index contributed by atoms with van der Waals surface area (Å²) in [6, 6.07) is 1.32. The van der Waals surface area contributed by atoms with Crippen molar-refractivity contribution in [3.8, 4) is 0 Å². The Hall–Kier alpha value is -0.480. The van der Waals surface area contributed by atoms with Crippen molar-refractivity contribution in [2.75, 3.05) is 12.0 Å². The summed E-state index contributed by atoms with van der Waals surface area (Å²) in [5.41, 5.74) is -0.0935. The fourth-order valence-electron chi connectivity index (χ4n) is 0.761. The minimum Gasteiger partial charge on any atom is -0.298 e. The van der Waals surface area contributed by atoms with Crippen LogP contribution >= 0.6 is 23.4 Å². The number of halogens is 1. The molecule has 0 saturated carbocycles. The summed E-state index contributed by atoms with van der Waals surface area (Å²) in [6.45, 7) is 0.685. The van der Waals surface area contributed by atoms with Crippen molar-refractivity contribution in [1.82, 2.24) is 9.55 Å². The lowest BCUT2D eigenvalue weighted by atomic mass is 10.6. The summed E-state index contributed by atoms with van der Waals surface area (Å²) in [7, 11) is 0. The molecule has 1 aromatic heterocycles. The molecule has 0 aromatic carbocycles. The monoisotopic (exact) mass is 204 g/mol. The molecule has 0 aliphatic heterocycles. The van der Waals surface area contributed by atoms with Crippen molar-refractivity contribution in [3.63, 3.8) is 0 Å². The molecule has 0 bridgehead atoms. The molecule has 0 unspecified atom stereocenters. The van der Waals surface area contributed by atoms with E-state index in [-0.39, 0.29) is 10.7 Å². The highest BCUT2D eigenvalue weighted by atomic mass is 35.5. The maximum Gasteiger partial charge on any atom is 0.254 e. The average Bonchev–Trinajstić information content (AvgIpc) is 2.03. The first-order valence-corrected chi connectivity index (χ1v) is 5.22. The van der Waals surface area contributed by atoms with E-state index in [2.05, 4.69) is 4.98 Å². The van der Waals surface area contributed by atoms with E-state index in [9.17, 15) is 4.79 Å². The van der Waals surface area contributed by atoms with Crippen LogP contribution in [0.5, 0.6) is 0 Å². The molecule has 66 valence electrons. The smallest absolute Gasteiger partial charge is 0.254 e. The Morgan fingerprint density at radius 1 is 1.75 bits per heavy atom. The first-order chi connectivity index (χ1) is 5.74. The number of hydrogen-bond acceptors (Lipinski definition) is 3. The topological polar surface area (TPSA) is 34.9 Å². The van der Waals surface area contributed by atoms with E-state index < -0.39 is 0 Å². The minimum absolute atomic E-state index is 0.0935. The van der Waals surface area contributed by atoms with Gasteiger partial charge in [0.1, 0.15) is 5.15 Å². The molecule has 0 amide bonds. The minimum atomic E-state index is -0.0935. The van der Waals surface area contributed by atoms with Crippen molar-refractivity contribution in [3.05, 3.63) is 27.9 Å². The molecule has 0 N–H and O–H groups in total. The molecule has 0 fully saturated rings. The van der Waals surface area contributed by atoms with Crippen LogP contribution in [0.25, 0.3) is 0 Å². The summed E-state index contributed by atoms with van der Waals surface area (Å²) < 4.78 is 1.54. The number of aromatic nitrogens is 2. The van der Waals surface area contributed by atoms with E-state index in [0.29, 0.717) is 6.54 Å². The fourth-order valence-corrected chi connectivity index (χ4v) is 1.28. The molecule has 1 rings (SSSR count). The molecule has 0 radical (unpaired) electrons. The van der Waals surface area contributed by atoms with Crippen LogP contribution < -0.4 is 5.56 Å². The Morgan fingerprint density at radius 3 is 3.08 bits per heavy atom. The number of nitrogens with zero attached hydrogens (tertiary/aromatic N) is 2. The molecule has 12 heavy (non-hydrogen) atoms. The summed E-state index contributed by atoms with van der Waals surface area (Å²) in [5.74, 6) is 0.906. The summed E-state index contributed by atoms with van der Waals surface area (Å²) in [5, 5.41) is 0.250. The van der Waals surface area contributed by atoms with Gasteiger partial charge in [-0.1, -0.05) is 11.6 Å². The maximum absolute atomic E-state index is 11.2. The zero-order chi connectivity index (χ0) is 8.97. The summed E-state index contributed by atoms with van der Waals surface area (Å²) in [6.07, 6.45) is 3.47. The van der Waals surface area contributed by atoms with Gasteiger partial charge in [0, 0.05) is 18.4 Å². The van der Waals surface area contributed by atoms with E-state index in [1.165, 1.54) is 12.4 Å². The Kier molecular flexibility index (Phi) is 3.62. The highest BCUT2D eigenvalue weighted by Gasteiger charge is 1.96. The van der Waals surface area contributed by atoms with Gasteiger partial charge in [0.15, 0.2) is 0 Å². The quantitative estimate of drug-likeness (QED) is 0.696. The Morgan fingerprint density at radius 2 is 2.50 bits per heavy atom. The standard InChI is InChI=1S/C7H9ClN2OS/c1-12-3-2-10-5-9-6(8)4-7(10)11/h4-5H,2-3H2,1H3. The van der Waals surface area contributed by atoms with Gasteiger partial charge in [-0.2, -0.15) is 11.8 Å². The molecule has 0 aliphatic rings. The van der Waals surface area contributed by atoms with Gasteiger partial charge in [-0.3, -0.25) is 9.36 Å².